The summed E-state index contributed by atoms with van der Waals surface area (Å²) in [4.78, 5) is 25.0. The number of carbonyl (C=O) groups is 1. The van der Waals surface area contributed by atoms with Crippen molar-refractivity contribution in [1.82, 2.24) is 9.88 Å². The van der Waals surface area contributed by atoms with E-state index in [1.165, 1.54) is 29.6 Å². The zero-order valence-corrected chi connectivity index (χ0v) is 18.8. The number of aromatic nitrogens is 1. The summed E-state index contributed by atoms with van der Waals surface area (Å²) >= 11 is 0. The minimum atomic E-state index is -1.03. The van der Waals surface area contributed by atoms with Gasteiger partial charge in [0.2, 0.25) is 5.89 Å². The summed E-state index contributed by atoms with van der Waals surface area (Å²) in [5.74, 6) is 7.77. The van der Waals surface area contributed by atoms with E-state index in [2.05, 4.69) is 35.0 Å². The number of oxazole rings is 1. The molecule has 1 aliphatic heterocycles. The SMILES string of the molecule is COC1CCC2(CC1)Cc1ccc(C#CC3CC3)cc1C21N=C(N)N(Cc2ncco2)C1=O. The van der Waals surface area contributed by atoms with Crippen LogP contribution in [0.1, 0.15) is 61.1 Å². The fourth-order valence-electron chi connectivity index (χ4n) is 5.97. The second kappa shape index (κ2) is 7.46. The molecule has 3 aliphatic carbocycles. The molecule has 0 bridgehead atoms. The summed E-state index contributed by atoms with van der Waals surface area (Å²) < 4.78 is 11.1. The van der Waals surface area contributed by atoms with Crippen molar-refractivity contribution in [3.8, 4) is 11.8 Å². The molecule has 6 rings (SSSR count). The highest BCUT2D eigenvalue weighted by Gasteiger charge is 2.66. The van der Waals surface area contributed by atoms with Crippen LogP contribution in [0.15, 0.2) is 40.1 Å². The van der Waals surface area contributed by atoms with E-state index < -0.39 is 5.54 Å². The number of fused-ring (bicyclic) bond motifs is 3. The van der Waals surface area contributed by atoms with Crippen molar-refractivity contribution in [2.24, 2.45) is 22.1 Å². The first-order valence-corrected chi connectivity index (χ1v) is 11.8. The maximum atomic E-state index is 14.2. The number of hydrogen-bond acceptors (Lipinski definition) is 6. The van der Waals surface area contributed by atoms with Gasteiger partial charge in [0.05, 0.1) is 12.3 Å². The number of benzene rings is 1. The minimum Gasteiger partial charge on any atom is -0.447 e. The third-order valence-electron chi connectivity index (χ3n) is 7.91. The van der Waals surface area contributed by atoms with Crippen molar-refractivity contribution >= 4 is 11.9 Å². The van der Waals surface area contributed by atoms with Crippen LogP contribution in [0, 0.1) is 23.2 Å². The molecule has 4 aliphatic rings. The van der Waals surface area contributed by atoms with Crippen LogP contribution in [0.25, 0.3) is 0 Å². The Kier molecular flexibility index (Phi) is 4.63. The number of nitrogens with two attached hydrogens (primary N) is 1. The summed E-state index contributed by atoms with van der Waals surface area (Å²) in [6, 6.07) is 6.31. The predicted molar refractivity (Wildman–Crippen MR) is 122 cm³/mol. The normalized spacial score (nSPS) is 30.5. The average molecular weight is 445 g/mol. The molecule has 1 atom stereocenters. The highest BCUT2D eigenvalue weighted by Crippen LogP contribution is 2.62. The van der Waals surface area contributed by atoms with Gasteiger partial charge in [0.15, 0.2) is 11.5 Å². The van der Waals surface area contributed by atoms with E-state index >= 15 is 0 Å². The number of aliphatic imine (C=N–C) groups is 1. The Labute approximate surface area is 193 Å². The molecule has 1 amide bonds. The molecular weight excluding hydrogens is 416 g/mol. The fourth-order valence-corrected chi connectivity index (χ4v) is 5.97. The monoisotopic (exact) mass is 444 g/mol. The van der Waals surface area contributed by atoms with Gasteiger partial charge in [-0.25, -0.2) is 9.98 Å². The zero-order chi connectivity index (χ0) is 22.6. The van der Waals surface area contributed by atoms with Gasteiger partial charge < -0.3 is 14.9 Å². The standard InChI is InChI=1S/C26H28N4O3/c1-32-20-8-10-25(11-9-20)15-19-7-6-18(5-4-17-2-3-17)14-21(19)26(25)23(31)30(24(27)29-26)16-22-28-12-13-33-22/h6-7,12-14,17,20H,2-3,8-11,15-16H2,1H3,(H2,27,29). The number of nitrogens with zero attached hydrogens (tertiary/aromatic N) is 3. The van der Waals surface area contributed by atoms with Gasteiger partial charge >= 0.3 is 0 Å². The van der Waals surface area contributed by atoms with Crippen LogP contribution in [-0.2, 0) is 28.0 Å². The molecule has 33 heavy (non-hydrogen) atoms. The van der Waals surface area contributed by atoms with E-state index in [-0.39, 0.29) is 29.9 Å². The summed E-state index contributed by atoms with van der Waals surface area (Å²) in [6.45, 7) is 0.177. The number of hydrogen-bond donors (Lipinski definition) is 1. The maximum Gasteiger partial charge on any atom is 0.263 e. The first-order chi connectivity index (χ1) is 16.0. The molecule has 7 heteroatoms. The Morgan fingerprint density at radius 1 is 1.27 bits per heavy atom. The lowest BCUT2D eigenvalue weighted by molar-refractivity contribution is -0.138. The van der Waals surface area contributed by atoms with Crippen LogP contribution in [0.3, 0.4) is 0 Å². The first kappa shape index (κ1) is 20.5. The van der Waals surface area contributed by atoms with Crippen LogP contribution >= 0.6 is 0 Å². The lowest BCUT2D eigenvalue weighted by Gasteiger charge is -2.45. The smallest absolute Gasteiger partial charge is 0.263 e. The van der Waals surface area contributed by atoms with Crippen molar-refractivity contribution in [3.63, 3.8) is 0 Å². The molecule has 170 valence electrons. The van der Waals surface area contributed by atoms with Crippen LogP contribution in [0.5, 0.6) is 0 Å². The number of amides is 1. The van der Waals surface area contributed by atoms with Gasteiger partial charge in [-0.15, -0.1) is 0 Å². The molecule has 0 saturated heterocycles. The van der Waals surface area contributed by atoms with Crippen molar-refractivity contribution in [2.45, 2.75) is 63.1 Å². The van der Waals surface area contributed by atoms with E-state index in [4.69, 9.17) is 19.9 Å². The Morgan fingerprint density at radius 2 is 2.09 bits per heavy atom. The molecule has 7 nitrogen and oxygen atoms in total. The lowest BCUT2D eigenvalue weighted by Crippen LogP contribution is -2.52. The van der Waals surface area contributed by atoms with Crippen LogP contribution in [0.2, 0.25) is 0 Å². The Hall–Kier alpha value is -3.11. The number of carbonyl (C=O) groups excluding carboxylic acids is 1. The van der Waals surface area contributed by atoms with E-state index in [0.29, 0.717) is 11.8 Å². The molecule has 2 aromatic rings. The molecule has 2 spiro atoms. The molecule has 2 fully saturated rings. The summed E-state index contributed by atoms with van der Waals surface area (Å²) in [5.41, 5.74) is 8.14. The van der Waals surface area contributed by atoms with Gasteiger partial charge in [-0.2, -0.15) is 0 Å². The minimum absolute atomic E-state index is 0.0832. The van der Waals surface area contributed by atoms with Gasteiger partial charge in [0.1, 0.15) is 12.8 Å². The summed E-state index contributed by atoms with van der Waals surface area (Å²) in [6.07, 6.45) is 10.00. The maximum absolute atomic E-state index is 14.2. The number of ether oxygens (including phenoxy) is 1. The highest BCUT2D eigenvalue weighted by atomic mass is 16.5. The van der Waals surface area contributed by atoms with Gasteiger partial charge in [-0.05, 0) is 68.2 Å². The second-order valence-electron chi connectivity index (χ2n) is 9.81. The van der Waals surface area contributed by atoms with Crippen LogP contribution in [-0.4, -0.2) is 35.0 Å². The zero-order valence-electron chi connectivity index (χ0n) is 18.8. The van der Waals surface area contributed by atoms with Crippen LogP contribution in [0.4, 0.5) is 0 Å². The van der Waals surface area contributed by atoms with Crippen molar-refractivity contribution < 1.29 is 13.9 Å². The molecule has 1 aromatic carbocycles. The number of guanidine groups is 1. The number of methoxy groups -OCH3 is 1. The average Bonchev–Trinajstić information content (AvgIpc) is 3.36. The molecule has 0 radical (unpaired) electrons. The number of rotatable bonds is 3. The lowest BCUT2D eigenvalue weighted by atomic mass is 9.61. The third-order valence-corrected chi connectivity index (χ3v) is 7.91. The van der Waals surface area contributed by atoms with E-state index in [0.717, 1.165) is 43.2 Å². The largest absolute Gasteiger partial charge is 0.447 e. The molecule has 2 saturated carbocycles. The molecule has 1 unspecified atom stereocenters. The van der Waals surface area contributed by atoms with Gasteiger partial charge in [0, 0.05) is 24.0 Å². The van der Waals surface area contributed by atoms with Gasteiger partial charge in [-0.3, -0.25) is 9.69 Å². The first-order valence-electron chi connectivity index (χ1n) is 11.8. The Bertz CT molecular complexity index is 1180. The van der Waals surface area contributed by atoms with Crippen LogP contribution < -0.4 is 5.73 Å². The molecule has 2 heterocycles. The quantitative estimate of drug-likeness (QED) is 0.734. The second-order valence-corrected chi connectivity index (χ2v) is 9.81. The van der Waals surface area contributed by atoms with E-state index in [1.54, 1.807) is 13.3 Å². The topological polar surface area (TPSA) is 93.9 Å². The van der Waals surface area contributed by atoms with Gasteiger partial charge in [-0.1, -0.05) is 17.9 Å². The highest BCUT2D eigenvalue weighted by molar-refractivity contribution is 6.08. The fraction of sp³-hybridized carbons (Fsp3) is 0.500. The van der Waals surface area contributed by atoms with Gasteiger partial charge in [0.25, 0.3) is 5.91 Å². The van der Waals surface area contributed by atoms with E-state index in [9.17, 15) is 4.79 Å². The molecule has 2 N–H and O–H groups in total. The third kappa shape index (κ3) is 3.12. The van der Waals surface area contributed by atoms with Crippen molar-refractivity contribution in [1.29, 1.82) is 0 Å². The molecular formula is C26H28N4O3. The summed E-state index contributed by atoms with van der Waals surface area (Å²) in [5, 5.41) is 0. The van der Waals surface area contributed by atoms with E-state index in [1.807, 2.05) is 0 Å². The molecule has 1 aromatic heterocycles. The van der Waals surface area contributed by atoms with Crippen molar-refractivity contribution in [3.05, 3.63) is 53.2 Å². The predicted octanol–water partition coefficient (Wildman–Crippen LogP) is 3.12. The Morgan fingerprint density at radius 3 is 2.79 bits per heavy atom. The summed E-state index contributed by atoms with van der Waals surface area (Å²) in [7, 11) is 1.77. The Balaban J connectivity index is 1.45. The van der Waals surface area contributed by atoms with Crippen molar-refractivity contribution in [2.75, 3.05) is 7.11 Å².